The lowest BCUT2D eigenvalue weighted by Crippen LogP contribution is -2.17. The first-order valence-corrected chi connectivity index (χ1v) is 12.0. The largest absolute Gasteiger partial charge is 0.478 e. The number of benzene rings is 3. The molecule has 40 heavy (non-hydrogen) atoms. The molecule has 4 rings (SSSR count). The van der Waals surface area contributed by atoms with E-state index in [1.54, 1.807) is 25.1 Å². The van der Waals surface area contributed by atoms with Gasteiger partial charge in [0.1, 0.15) is 23.7 Å². The molecule has 0 aliphatic rings. The minimum Gasteiger partial charge on any atom is -0.478 e. The number of ether oxygens (including phenoxy) is 3. The number of pyridine rings is 1. The van der Waals surface area contributed by atoms with Gasteiger partial charge in [-0.15, -0.1) is 0 Å². The van der Waals surface area contributed by atoms with Crippen LogP contribution in [0, 0.1) is 18.6 Å². The van der Waals surface area contributed by atoms with Crippen molar-refractivity contribution in [3.8, 4) is 34.4 Å². The number of nitrogens with two attached hydrogens (primary N) is 1. The highest BCUT2D eigenvalue weighted by molar-refractivity contribution is 5.93. The van der Waals surface area contributed by atoms with E-state index in [1.165, 1.54) is 25.3 Å². The topological polar surface area (TPSA) is 133 Å². The number of carbonyl (C=O) groups excluding carboxylic acids is 1. The molecule has 0 unspecified atom stereocenters. The van der Waals surface area contributed by atoms with E-state index < -0.39 is 35.3 Å². The fourth-order valence-corrected chi connectivity index (χ4v) is 3.79. The Kier molecular flexibility index (Phi) is 8.67. The molecule has 3 aromatic carbocycles. The number of rotatable bonds is 10. The highest BCUT2D eigenvalue weighted by atomic mass is 19.1. The molecule has 0 aliphatic carbocycles. The predicted octanol–water partition coefficient (Wildman–Crippen LogP) is 5.66. The number of anilines is 1. The van der Waals surface area contributed by atoms with Crippen molar-refractivity contribution in [1.82, 2.24) is 4.98 Å². The molecule has 0 bridgehead atoms. The van der Waals surface area contributed by atoms with Crippen LogP contribution in [0.5, 0.6) is 23.3 Å². The van der Waals surface area contributed by atoms with Crippen LogP contribution in [0.15, 0.2) is 66.7 Å². The van der Waals surface area contributed by atoms with E-state index in [2.05, 4.69) is 10.3 Å². The maximum absolute atomic E-state index is 14.8. The summed E-state index contributed by atoms with van der Waals surface area (Å²) in [6, 6.07) is 16.8. The molecule has 0 radical (unpaired) electrons. The third kappa shape index (κ3) is 6.76. The second-order valence-corrected chi connectivity index (χ2v) is 8.70. The van der Waals surface area contributed by atoms with Gasteiger partial charge in [0.2, 0.25) is 5.91 Å². The van der Waals surface area contributed by atoms with Gasteiger partial charge in [0.05, 0.1) is 0 Å². The fraction of sp³-hybridized carbons (Fsp3) is 0.138. The van der Waals surface area contributed by atoms with Crippen molar-refractivity contribution in [1.29, 1.82) is 0 Å². The molecule has 0 spiro atoms. The molecule has 0 saturated carbocycles. The number of nitrogens with one attached hydrogen (secondary N) is 1. The number of aromatic carboxylic acids is 1. The number of carbonyl (C=O) groups is 2. The van der Waals surface area contributed by atoms with E-state index in [1.807, 2.05) is 24.3 Å². The van der Waals surface area contributed by atoms with Crippen molar-refractivity contribution < 1.29 is 37.7 Å². The highest BCUT2D eigenvalue weighted by Gasteiger charge is 2.20. The van der Waals surface area contributed by atoms with Crippen molar-refractivity contribution in [3.63, 3.8) is 0 Å². The van der Waals surface area contributed by atoms with Gasteiger partial charge in [-0.1, -0.05) is 24.3 Å². The molecular formula is C29H25F2N3O6. The molecule has 206 valence electrons. The normalized spacial score (nSPS) is 10.7. The van der Waals surface area contributed by atoms with Crippen LogP contribution in [0.2, 0.25) is 0 Å². The number of carboxylic acid groups (broad SMARTS) is 1. The van der Waals surface area contributed by atoms with Gasteiger partial charge in [-0.3, -0.25) is 4.79 Å². The summed E-state index contributed by atoms with van der Waals surface area (Å²) in [5.41, 5.74) is 8.71. The summed E-state index contributed by atoms with van der Waals surface area (Å²) in [4.78, 5) is 27.6. The van der Waals surface area contributed by atoms with Crippen LogP contribution in [0.4, 0.5) is 14.5 Å². The van der Waals surface area contributed by atoms with Crippen LogP contribution in [-0.2, 0) is 16.1 Å². The number of aryl methyl sites for hydroxylation is 1. The molecule has 1 heterocycles. The summed E-state index contributed by atoms with van der Waals surface area (Å²) in [6.07, 6.45) is 0. The zero-order valence-electron chi connectivity index (χ0n) is 21.5. The Labute approximate surface area is 228 Å². The first-order chi connectivity index (χ1) is 19.2. The van der Waals surface area contributed by atoms with Gasteiger partial charge in [-0.2, -0.15) is 4.98 Å². The zero-order chi connectivity index (χ0) is 28.8. The van der Waals surface area contributed by atoms with Crippen LogP contribution < -0.4 is 20.5 Å². The Bertz CT molecular complexity index is 1580. The van der Waals surface area contributed by atoms with Crippen LogP contribution in [-0.4, -0.2) is 35.7 Å². The summed E-state index contributed by atoms with van der Waals surface area (Å²) >= 11 is 0. The van der Waals surface area contributed by atoms with Gasteiger partial charge in [0.15, 0.2) is 11.6 Å². The Balaban J connectivity index is 1.73. The molecular weight excluding hydrogens is 524 g/mol. The molecule has 4 aromatic rings. The lowest BCUT2D eigenvalue weighted by atomic mass is 10.0. The van der Waals surface area contributed by atoms with Crippen molar-refractivity contribution in [3.05, 3.63) is 95.1 Å². The minimum absolute atomic E-state index is 0.0640. The number of hydrogen-bond acceptors (Lipinski definition) is 7. The quantitative estimate of drug-likeness (QED) is 0.231. The number of nitrogens with zero attached hydrogens (tertiary/aromatic N) is 1. The maximum atomic E-state index is 14.8. The van der Waals surface area contributed by atoms with Gasteiger partial charge in [-0.25, -0.2) is 13.6 Å². The van der Waals surface area contributed by atoms with E-state index in [4.69, 9.17) is 19.9 Å². The second kappa shape index (κ2) is 12.3. The van der Waals surface area contributed by atoms with Gasteiger partial charge >= 0.3 is 5.97 Å². The summed E-state index contributed by atoms with van der Waals surface area (Å²) in [5.74, 6) is -5.47. The standard InChI is InChI=1S/C29H25F2N3O6/c1-16-6-7-22(29(36)37)25(8-16)40-28-24(31)13-23(30)27(34-28)39-21-11-19(18-5-3-4-17(9-18)14-32)10-20(12-21)33-26(35)15-38-2/h3-13H,14-15,32H2,1-2H3,(H,33,35)(H,36,37). The first kappa shape index (κ1) is 28.1. The van der Waals surface area contributed by atoms with Crippen molar-refractivity contribution in [2.75, 3.05) is 19.0 Å². The molecule has 0 atom stereocenters. The van der Waals surface area contributed by atoms with Crippen LogP contribution in [0.3, 0.4) is 0 Å². The van der Waals surface area contributed by atoms with Gasteiger partial charge in [0, 0.05) is 31.5 Å². The van der Waals surface area contributed by atoms with Gasteiger partial charge in [-0.05, 0) is 59.5 Å². The number of hydrogen-bond donors (Lipinski definition) is 3. The second-order valence-electron chi connectivity index (χ2n) is 8.70. The van der Waals surface area contributed by atoms with Crippen LogP contribution in [0.25, 0.3) is 11.1 Å². The summed E-state index contributed by atoms with van der Waals surface area (Å²) in [6.45, 7) is 1.80. The van der Waals surface area contributed by atoms with Crippen molar-refractivity contribution in [2.24, 2.45) is 5.73 Å². The maximum Gasteiger partial charge on any atom is 0.339 e. The number of methoxy groups -OCH3 is 1. The molecule has 0 aliphatic heterocycles. The average Bonchev–Trinajstić information content (AvgIpc) is 2.91. The summed E-state index contributed by atoms with van der Waals surface area (Å²) in [7, 11) is 1.38. The average molecular weight is 550 g/mol. The third-order valence-electron chi connectivity index (χ3n) is 5.62. The molecule has 1 aromatic heterocycles. The number of amides is 1. The van der Waals surface area contributed by atoms with Gasteiger partial charge < -0.3 is 30.4 Å². The zero-order valence-corrected chi connectivity index (χ0v) is 21.5. The minimum atomic E-state index is -1.30. The predicted molar refractivity (Wildman–Crippen MR) is 143 cm³/mol. The Hall–Kier alpha value is -4.87. The molecule has 0 saturated heterocycles. The SMILES string of the molecule is COCC(=O)Nc1cc(Oc2nc(Oc3cc(C)ccc3C(=O)O)c(F)cc2F)cc(-c2cccc(CN)c2)c1. The fourth-order valence-electron chi connectivity index (χ4n) is 3.79. The first-order valence-electron chi connectivity index (χ1n) is 12.0. The molecule has 1 amide bonds. The lowest BCUT2D eigenvalue weighted by Gasteiger charge is -2.14. The summed E-state index contributed by atoms with van der Waals surface area (Å²) in [5, 5.41) is 12.1. The van der Waals surface area contributed by atoms with E-state index in [9.17, 15) is 23.5 Å². The Morgan fingerprint density at radius 3 is 2.40 bits per heavy atom. The number of carboxylic acids is 1. The number of halogens is 2. The van der Waals surface area contributed by atoms with Crippen molar-refractivity contribution >= 4 is 17.6 Å². The monoisotopic (exact) mass is 549 g/mol. The summed E-state index contributed by atoms with van der Waals surface area (Å²) < 4.78 is 45.4. The molecule has 0 fully saturated rings. The lowest BCUT2D eigenvalue weighted by molar-refractivity contribution is -0.119. The highest BCUT2D eigenvalue weighted by Crippen LogP contribution is 2.35. The van der Waals surface area contributed by atoms with E-state index in [-0.39, 0.29) is 23.7 Å². The van der Waals surface area contributed by atoms with E-state index in [0.29, 0.717) is 29.4 Å². The molecule has 4 N–H and O–H groups in total. The van der Waals surface area contributed by atoms with Crippen molar-refractivity contribution in [2.45, 2.75) is 13.5 Å². The van der Waals surface area contributed by atoms with Gasteiger partial charge in [0.25, 0.3) is 11.8 Å². The van der Waals surface area contributed by atoms with Crippen LogP contribution >= 0.6 is 0 Å². The third-order valence-corrected chi connectivity index (χ3v) is 5.62. The molecule has 9 nitrogen and oxygen atoms in total. The Morgan fingerprint density at radius 1 is 0.950 bits per heavy atom. The molecule has 11 heteroatoms. The van der Waals surface area contributed by atoms with E-state index in [0.717, 1.165) is 11.1 Å². The number of aromatic nitrogens is 1. The Morgan fingerprint density at radius 2 is 1.70 bits per heavy atom. The van der Waals surface area contributed by atoms with E-state index >= 15 is 0 Å². The van der Waals surface area contributed by atoms with Crippen LogP contribution in [0.1, 0.15) is 21.5 Å². The smallest absolute Gasteiger partial charge is 0.339 e.